The molecule has 0 atom stereocenters. The number of sulfonamides is 1. The quantitative estimate of drug-likeness (QED) is 0.477. The number of carbonyl (C=O) groups excluding carboxylic acids is 2. The van der Waals surface area contributed by atoms with E-state index in [9.17, 15) is 18.0 Å². The molecule has 1 saturated heterocycles. The van der Waals surface area contributed by atoms with E-state index in [1.807, 2.05) is 25.6 Å². The third kappa shape index (κ3) is 5.53. The molecule has 1 aliphatic heterocycles. The summed E-state index contributed by atoms with van der Waals surface area (Å²) in [6.45, 7) is 5.86. The van der Waals surface area contributed by atoms with Crippen LogP contribution in [-0.2, 0) is 20.2 Å². The lowest BCUT2D eigenvalue weighted by Crippen LogP contribution is -2.50. The number of hydrogen-bond donors (Lipinski definition) is 2. The molecule has 182 valence electrons. The molecule has 0 unspecified atom stereocenters. The number of methoxy groups -OCH3 is 1. The zero-order valence-corrected chi connectivity index (χ0v) is 20.4. The van der Waals surface area contributed by atoms with E-state index in [0.29, 0.717) is 22.4 Å². The highest BCUT2D eigenvalue weighted by molar-refractivity contribution is 7.88. The second-order valence-electron chi connectivity index (χ2n) is 8.92. The fraction of sp³-hybridized carbons (Fsp3) is 0.348. The molecule has 0 bridgehead atoms. The minimum Gasteiger partial charge on any atom is -0.496 e. The van der Waals surface area contributed by atoms with Gasteiger partial charge < -0.3 is 4.74 Å². The zero-order chi connectivity index (χ0) is 25.3. The Morgan fingerprint density at radius 3 is 2.53 bits per heavy atom. The van der Waals surface area contributed by atoms with Crippen LogP contribution in [0.5, 0.6) is 5.75 Å². The number of rotatable bonds is 6. The number of hydrazone groups is 1. The van der Waals surface area contributed by atoms with Crippen LogP contribution >= 0.6 is 0 Å². The number of carbonyl (C=O) groups is 2. The van der Waals surface area contributed by atoms with Crippen molar-refractivity contribution in [3.8, 4) is 16.9 Å². The predicted molar refractivity (Wildman–Crippen MR) is 128 cm³/mol. The number of urea groups is 1. The van der Waals surface area contributed by atoms with Gasteiger partial charge in [0.2, 0.25) is 15.9 Å². The van der Waals surface area contributed by atoms with Crippen LogP contribution in [0.4, 0.5) is 14.9 Å². The van der Waals surface area contributed by atoms with Crippen LogP contribution in [0.1, 0.15) is 38.3 Å². The summed E-state index contributed by atoms with van der Waals surface area (Å²) in [5.41, 5.74) is 1.33. The Balaban J connectivity index is 2.21. The molecule has 2 aromatic carbocycles. The number of amides is 3. The molecule has 0 radical (unpaired) electrons. The second kappa shape index (κ2) is 9.41. The molecule has 1 heterocycles. The first kappa shape index (κ1) is 25.2. The highest BCUT2D eigenvalue weighted by atomic mass is 32.2. The van der Waals surface area contributed by atoms with E-state index in [1.54, 1.807) is 30.3 Å². The van der Waals surface area contributed by atoms with E-state index < -0.39 is 33.2 Å². The number of hydrogen-bond acceptors (Lipinski definition) is 6. The van der Waals surface area contributed by atoms with E-state index in [-0.39, 0.29) is 24.2 Å². The molecule has 1 aliphatic rings. The SMILES string of the molecule is COc1c(C(C)(C)C)cc(N2CCC(=O)NC2=O)c(F)c1-c1cccc(C=NNS(C)(=O)=O)c1. The lowest BCUT2D eigenvalue weighted by atomic mass is 9.83. The molecule has 34 heavy (non-hydrogen) atoms. The number of nitrogens with one attached hydrogen (secondary N) is 2. The van der Waals surface area contributed by atoms with Crippen LogP contribution in [0.2, 0.25) is 0 Å². The highest BCUT2D eigenvalue weighted by Gasteiger charge is 2.32. The topological polar surface area (TPSA) is 117 Å². The molecular weight excluding hydrogens is 463 g/mol. The van der Waals surface area contributed by atoms with Gasteiger partial charge in [0, 0.05) is 18.5 Å². The van der Waals surface area contributed by atoms with Crippen molar-refractivity contribution in [2.24, 2.45) is 5.10 Å². The van der Waals surface area contributed by atoms with E-state index >= 15 is 4.39 Å². The van der Waals surface area contributed by atoms with Gasteiger partial charge >= 0.3 is 6.03 Å². The largest absolute Gasteiger partial charge is 0.496 e. The van der Waals surface area contributed by atoms with Gasteiger partial charge in [-0.05, 0) is 28.7 Å². The van der Waals surface area contributed by atoms with Crippen LogP contribution in [0.3, 0.4) is 0 Å². The number of imide groups is 1. The van der Waals surface area contributed by atoms with Gasteiger partial charge in [-0.1, -0.05) is 39.0 Å². The van der Waals surface area contributed by atoms with Crippen molar-refractivity contribution in [3.05, 3.63) is 47.3 Å². The molecule has 1 fully saturated rings. The molecule has 0 saturated carbocycles. The summed E-state index contributed by atoms with van der Waals surface area (Å²) in [6.07, 6.45) is 2.33. The predicted octanol–water partition coefficient (Wildman–Crippen LogP) is 3.13. The van der Waals surface area contributed by atoms with Crippen LogP contribution in [0.25, 0.3) is 11.1 Å². The minimum atomic E-state index is -3.52. The van der Waals surface area contributed by atoms with Gasteiger partial charge in [-0.15, -0.1) is 0 Å². The Morgan fingerprint density at radius 2 is 1.94 bits per heavy atom. The number of benzene rings is 2. The van der Waals surface area contributed by atoms with Crippen molar-refractivity contribution in [2.45, 2.75) is 32.6 Å². The van der Waals surface area contributed by atoms with E-state index in [1.165, 1.54) is 18.2 Å². The first-order valence-corrected chi connectivity index (χ1v) is 12.3. The summed E-state index contributed by atoms with van der Waals surface area (Å²) in [6, 6.07) is 7.54. The summed E-state index contributed by atoms with van der Waals surface area (Å²) in [5, 5.41) is 5.92. The second-order valence-corrected chi connectivity index (χ2v) is 10.6. The van der Waals surface area contributed by atoms with Gasteiger partial charge in [0.25, 0.3) is 0 Å². The van der Waals surface area contributed by atoms with Gasteiger partial charge in [0.15, 0.2) is 5.82 Å². The van der Waals surface area contributed by atoms with Crippen LogP contribution in [0.15, 0.2) is 35.4 Å². The van der Waals surface area contributed by atoms with Gasteiger partial charge in [-0.3, -0.25) is 15.0 Å². The lowest BCUT2D eigenvalue weighted by molar-refractivity contribution is -0.120. The van der Waals surface area contributed by atoms with Crippen molar-refractivity contribution in [1.82, 2.24) is 10.1 Å². The van der Waals surface area contributed by atoms with Crippen molar-refractivity contribution < 1.29 is 27.1 Å². The van der Waals surface area contributed by atoms with Crippen molar-refractivity contribution in [1.29, 1.82) is 0 Å². The minimum absolute atomic E-state index is 0.0311. The molecule has 0 spiro atoms. The molecule has 2 N–H and O–H groups in total. The van der Waals surface area contributed by atoms with Crippen molar-refractivity contribution in [2.75, 3.05) is 24.8 Å². The summed E-state index contributed by atoms with van der Waals surface area (Å²) in [7, 11) is -2.07. The smallest absolute Gasteiger partial charge is 0.328 e. The fourth-order valence-electron chi connectivity index (χ4n) is 3.62. The average molecular weight is 491 g/mol. The Labute approximate surface area is 198 Å². The van der Waals surface area contributed by atoms with Gasteiger partial charge in [0.05, 0.1) is 30.8 Å². The molecule has 9 nitrogen and oxygen atoms in total. The summed E-state index contributed by atoms with van der Waals surface area (Å²) in [4.78, 5) is 27.3. The normalized spacial score (nSPS) is 14.9. The standard InChI is InChI=1S/C23H27FN4O5S/c1-23(2,3)16-12-17(28-10-9-18(29)26-22(28)30)20(24)19(21(16)33-4)15-8-6-7-14(11-15)13-25-27-34(5,31)32/h6-8,11-13,27H,9-10H2,1-5H3,(H,26,29,30). The molecule has 2 aromatic rings. The molecule has 0 aliphatic carbocycles. The van der Waals surface area contributed by atoms with Crippen molar-refractivity contribution in [3.63, 3.8) is 0 Å². The number of anilines is 1. The number of ether oxygens (including phenoxy) is 1. The first-order valence-electron chi connectivity index (χ1n) is 10.4. The first-order chi connectivity index (χ1) is 15.8. The van der Waals surface area contributed by atoms with Gasteiger partial charge in [-0.2, -0.15) is 5.10 Å². The van der Waals surface area contributed by atoms with Gasteiger partial charge in [-0.25, -0.2) is 22.4 Å². The number of halogens is 1. The third-order valence-corrected chi connectivity index (χ3v) is 5.60. The molecule has 11 heteroatoms. The lowest BCUT2D eigenvalue weighted by Gasteiger charge is -2.31. The molecular formula is C23H27FN4O5S. The maximum atomic E-state index is 16.1. The van der Waals surface area contributed by atoms with E-state index in [2.05, 4.69) is 10.4 Å². The van der Waals surface area contributed by atoms with Crippen LogP contribution < -0.4 is 19.8 Å². The molecule has 3 rings (SSSR count). The maximum absolute atomic E-state index is 16.1. The number of nitrogens with zero attached hydrogens (tertiary/aromatic N) is 2. The monoisotopic (exact) mass is 490 g/mol. The summed E-state index contributed by atoms with van der Waals surface area (Å²) >= 11 is 0. The van der Waals surface area contributed by atoms with E-state index in [0.717, 1.165) is 6.26 Å². The maximum Gasteiger partial charge on any atom is 0.328 e. The Bertz CT molecular complexity index is 1270. The Morgan fingerprint density at radius 1 is 1.24 bits per heavy atom. The van der Waals surface area contributed by atoms with E-state index in [4.69, 9.17) is 4.74 Å². The van der Waals surface area contributed by atoms with Crippen LogP contribution in [-0.4, -0.2) is 46.5 Å². The summed E-state index contributed by atoms with van der Waals surface area (Å²) < 4.78 is 44.2. The zero-order valence-electron chi connectivity index (χ0n) is 19.6. The van der Waals surface area contributed by atoms with Crippen LogP contribution in [0, 0.1) is 5.82 Å². The van der Waals surface area contributed by atoms with Gasteiger partial charge in [0.1, 0.15) is 5.75 Å². The molecule has 0 aromatic heterocycles. The Hall–Kier alpha value is -3.47. The Kier molecular flexibility index (Phi) is 6.97. The van der Waals surface area contributed by atoms with Crippen molar-refractivity contribution >= 4 is 33.9 Å². The molecule has 3 amide bonds. The fourth-order valence-corrected chi connectivity index (χ4v) is 3.86. The highest BCUT2D eigenvalue weighted by Crippen LogP contribution is 2.45. The average Bonchev–Trinajstić information content (AvgIpc) is 2.72. The third-order valence-electron chi connectivity index (χ3n) is 5.16. The summed E-state index contributed by atoms with van der Waals surface area (Å²) in [5.74, 6) is -0.788.